The second-order valence-corrected chi connectivity index (χ2v) is 6.10. The van der Waals surface area contributed by atoms with Crippen LogP contribution in [0.25, 0.3) is 0 Å². The first-order chi connectivity index (χ1) is 11.8. The van der Waals surface area contributed by atoms with E-state index in [2.05, 4.69) is 25.5 Å². The monoisotopic (exact) mass is 373 g/mol. The van der Waals surface area contributed by atoms with Crippen LogP contribution in [0.4, 0.5) is 30.5 Å². The molecule has 0 radical (unpaired) electrons. The fraction of sp³-hybridized carbons (Fsp3) is 0.375. The molecule has 0 saturated heterocycles. The number of halogens is 4. The predicted octanol–water partition coefficient (Wildman–Crippen LogP) is 4.26. The number of rotatable bonds is 7. The highest BCUT2D eigenvalue weighted by molar-refractivity contribution is 6.33. The molecule has 0 bridgehead atoms. The maximum Gasteiger partial charge on any atom is 0.416 e. The van der Waals surface area contributed by atoms with Gasteiger partial charge in [-0.25, -0.2) is 9.97 Å². The van der Waals surface area contributed by atoms with Crippen molar-refractivity contribution in [2.24, 2.45) is 0 Å². The first-order valence-corrected chi connectivity index (χ1v) is 7.98. The van der Waals surface area contributed by atoms with Crippen LogP contribution < -0.4 is 10.6 Å². The highest BCUT2D eigenvalue weighted by Crippen LogP contribution is 2.34. The highest BCUT2D eigenvalue weighted by Gasteiger charge is 2.31. The van der Waals surface area contributed by atoms with E-state index in [1.165, 1.54) is 12.4 Å². The number of nitrogens with one attached hydrogen (secondary N) is 2. The molecule has 0 aliphatic heterocycles. The van der Waals surface area contributed by atoms with Crippen LogP contribution >= 0.6 is 11.6 Å². The Bertz CT molecular complexity index is 706. The third kappa shape index (κ3) is 6.06. The minimum Gasteiger partial charge on any atom is -0.370 e. The molecule has 5 nitrogen and oxygen atoms in total. The Morgan fingerprint density at radius 3 is 2.52 bits per heavy atom. The van der Waals surface area contributed by atoms with E-state index < -0.39 is 11.7 Å². The predicted molar refractivity (Wildman–Crippen MR) is 93.4 cm³/mol. The molecule has 0 aliphatic carbocycles. The molecule has 2 rings (SSSR count). The van der Waals surface area contributed by atoms with E-state index in [1.807, 2.05) is 14.1 Å². The smallest absolute Gasteiger partial charge is 0.370 e. The molecular weight excluding hydrogens is 355 g/mol. The SMILES string of the molecule is CN(C)CCCNc1cc(Nc2cc(C(F)(F)F)ccc2Cl)ncn1. The van der Waals surface area contributed by atoms with Crippen molar-refractivity contribution in [1.29, 1.82) is 0 Å². The van der Waals surface area contributed by atoms with E-state index >= 15 is 0 Å². The lowest BCUT2D eigenvalue weighted by Crippen LogP contribution is -2.16. The Morgan fingerprint density at radius 1 is 1.12 bits per heavy atom. The first-order valence-electron chi connectivity index (χ1n) is 7.60. The van der Waals surface area contributed by atoms with Crippen LogP contribution in [0.2, 0.25) is 5.02 Å². The number of aromatic nitrogens is 2. The largest absolute Gasteiger partial charge is 0.416 e. The fourth-order valence-electron chi connectivity index (χ4n) is 2.07. The van der Waals surface area contributed by atoms with Gasteiger partial charge in [0.05, 0.1) is 16.3 Å². The van der Waals surface area contributed by atoms with Crippen LogP contribution in [-0.2, 0) is 6.18 Å². The minimum atomic E-state index is -4.44. The van der Waals surface area contributed by atoms with E-state index in [0.717, 1.165) is 31.6 Å². The van der Waals surface area contributed by atoms with Gasteiger partial charge in [-0.1, -0.05) is 11.6 Å². The summed E-state index contributed by atoms with van der Waals surface area (Å²) in [5, 5.41) is 6.12. The fourth-order valence-corrected chi connectivity index (χ4v) is 2.23. The number of anilines is 3. The van der Waals surface area contributed by atoms with Crippen molar-refractivity contribution in [3.05, 3.63) is 41.2 Å². The van der Waals surface area contributed by atoms with Gasteiger partial charge in [-0.05, 0) is 45.3 Å². The average Bonchev–Trinajstić information content (AvgIpc) is 2.53. The molecule has 1 aromatic carbocycles. The third-order valence-electron chi connectivity index (χ3n) is 3.31. The van der Waals surface area contributed by atoms with Crippen molar-refractivity contribution in [3.8, 4) is 0 Å². The summed E-state index contributed by atoms with van der Waals surface area (Å²) >= 11 is 5.97. The number of hydrogen-bond acceptors (Lipinski definition) is 5. The van der Waals surface area contributed by atoms with Gasteiger partial charge in [0.2, 0.25) is 0 Å². The average molecular weight is 374 g/mol. The summed E-state index contributed by atoms with van der Waals surface area (Å²) in [5.74, 6) is 0.936. The van der Waals surface area contributed by atoms with Crippen molar-refractivity contribution in [2.45, 2.75) is 12.6 Å². The molecule has 0 fully saturated rings. The van der Waals surface area contributed by atoms with Gasteiger partial charge in [-0.3, -0.25) is 0 Å². The normalized spacial score (nSPS) is 11.6. The van der Waals surface area contributed by atoms with Crippen LogP contribution in [0.15, 0.2) is 30.6 Å². The van der Waals surface area contributed by atoms with Crippen molar-refractivity contribution in [3.63, 3.8) is 0 Å². The molecule has 136 valence electrons. The van der Waals surface area contributed by atoms with E-state index in [0.29, 0.717) is 11.6 Å². The van der Waals surface area contributed by atoms with Gasteiger partial charge < -0.3 is 15.5 Å². The summed E-state index contributed by atoms with van der Waals surface area (Å²) in [6.45, 7) is 1.65. The van der Waals surface area contributed by atoms with Gasteiger partial charge in [0.25, 0.3) is 0 Å². The molecular formula is C16H19ClF3N5. The Kier molecular flexibility index (Phi) is 6.44. The van der Waals surface area contributed by atoms with Gasteiger partial charge in [0, 0.05) is 12.6 Å². The van der Waals surface area contributed by atoms with E-state index in [9.17, 15) is 13.2 Å². The van der Waals surface area contributed by atoms with E-state index in [-0.39, 0.29) is 10.7 Å². The highest BCUT2D eigenvalue weighted by atomic mass is 35.5. The molecule has 0 spiro atoms. The van der Waals surface area contributed by atoms with Gasteiger partial charge in [0.1, 0.15) is 18.0 Å². The molecule has 0 saturated carbocycles. The van der Waals surface area contributed by atoms with Crippen molar-refractivity contribution in [1.82, 2.24) is 14.9 Å². The maximum absolute atomic E-state index is 12.8. The Hall–Kier alpha value is -2.06. The van der Waals surface area contributed by atoms with Crippen molar-refractivity contribution >= 4 is 28.9 Å². The lowest BCUT2D eigenvalue weighted by Gasteiger charge is -2.13. The molecule has 2 aromatic rings. The van der Waals surface area contributed by atoms with E-state index in [1.54, 1.807) is 6.07 Å². The summed E-state index contributed by atoms with van der Waals surface area (Å²) in [7, 11) is 3.98. The van der Waals surface area contributed by atoms with Crippen molar-refractivity contribution < 1.29 is 13.2 Å². The second-order valence-electron chi connectivity index (χ2n) is 5.69. The molecule has 0 atom stereocenters. The van der Waals surface area contributed by atoms with Crippen LogP contribution in [0.3, 0.4) is 0 Å². The summed E-state index contributed by atoms with van der Waals surface area (Å²) in [4.78, 5) is 10.2. The Balaban J connectivity index is 2.07. The summed E-state index contributed by atoms with van der Waals surface area (Å²) in [5.41, 5.74) is -0.649. The first kappa shape index (κ1) is 19.3. The molecule has 0 amide bonds. The Morgan fingerprint density at radius 2 is 1.84 bits per heavy atom. The number of nitrogens with zero attached hydrogens (tertiary/aromatic N) is 3. The molecule has 9 heteroatoms. The molecule has 0 aliphatic rings. The zero-order valence-electron chi connectivity index (χ0n) is 13.9. The zero-order chi connectivity index (χ0) is 18.4. The molecule has 1 heterocycles. The molecule has 0 unspecified atom stereocenters. The van der Waals surface area contributed by atoms with Crippen molar-refractivity contribution in [2.75, 3.05) is 37.8 Å². The molecule has 1 aromatic heterocycles. The van der Waals surface area contributed by atoms with Crippen LogP contribution in [0.1, 0.15) is 12.0 Å². The van der Waals surface area contributed by atoms with Gasteiger partial charge in [-0.15, -0.1) is 0 Å². The lowest BCUT2D eigenvalue weighted by molar-refractivity contribution is -0.137. The Labute approximate surface area is 149 Å². The zero-order valence-corrected chi connectivity index (χ0v) is 14.6. The minimum absolute atomic E-state index is 0.133. The number of benzene rings is 1. The molecule has 25 heavy (non-hydrogen) atoms. The third-order valence-corrected chi connectivity index (χ3v) is 3.64. The van der Waals surface area contributed by atoms with Crippen LogP contribution in [0.5, 0.6) is 0 Å². The van der Waals surface area contributed by atoms with E-state index in [4.69, 9.17) is 11.6 Å². The summed E-state index contributed by atoms with van der Waals surface area (Å²) in [6, 6.07) is 4.71. The van der Waals surface area contributed by atoms with Gasteiger partial charge >= 0.3 is 6.18 Å². The standard InChI is InChI=1S/C16H19ClF3N5/c1-25(2)7-3-6-21-14-9-15(23-10-22-14)24-13-8-11(16(18,19)20)4-5-12(13)17/h4-5,8-10H,3,6-7H2,1-2H3,(H2,21,22,23,24). The topological polar surface area (TPSA) is 53.1 Å². The van der Waals surface area contributed by atoms with Crippen LogP contribution in [-0.4, -0.2) is 42.1 Å². The lowest BCUT2D eigenvalue weighted by atomic mass is 10.2. The van der Waals surface area contributed by atoms with Gasteiger partial charge in [0.15, 0.2) is 0 Å². The summed E-state index contributed by atoms with van der Waals surface area (Å²) < 4.78 is 38.5. The van der Waals surface area contributed by atoms with Crippen LogP contribution in [0, 0.1) is 0 Å². The number of hydrogen-bond donors (Lipinski definition) is 2. The maximum atomic E-state index is 12.8. The summed E-state index contributed by atoms with van der Waals surface area (Å²) in [6.07, 6.45) is -2.18. The number of alkyl halides is 3. The molecule has 2 N–H and O–H groups in total. The van der Waals surface area contributed by atoms with Gasteiger partial charge in [-0.2, -0.15) is 13.2 Å². The second kappa shape index (κ2) is 8.35. The quantitative estimate of drug-likeness (QED) is 0.710.